The van der Waals surface area contributed by atoms with Gasteiger partial charge in [0.15, 0.2) is 4.07 Å². The second kappa shape index (κ2) is 4.35. The van der Waals surface area contributed by atoms with Gasteiger partial charge in [-0.05, 0) is 5.56 Å². The Balaban J connectivity index is 2.98. The Morgan fingerprint density at radius 2 is 1.50 bits per heavy atom. The molecule has 0 aliphatic carbocycles. The van der Waals surface area contributed by atoms with Crippen LogP contribution in [-0.2, 0) is 4.07 Å². The maximum Gasteiger partial charge on any atom is 0.189 e. The summed E-state index contributed by atoms with van der Waals surface area (Å²) in [6.45, 7) is -1.44. The molecule has 0 atom stereocenters. The largest absolute Gasteiger partial charge is 0.189 e. The van der Waals surface area contributed by atoms with Gasteiger partial charge in [0, 0.05) is 0 Å². The van der Waals surface area contributed by atoms with Crippen LogP contribution >= 0.6 is 52.3 Å². The van der Waals surface area contributed by atoms with E-state index in [1.807, 2.05) is 18.2 Å². The van der Waals surface area contributed by atoms with E-state index in [1.165, 1.54) is 0 Å². The normalized spacial score (nSPS) is 12.1. The van der Waals surface area contributed by atoms with Crippen molar-refractivity contribution in [2.24, 2.45) is 0 Å². The Morgan fingerprint density at radius 3 is 1.92 bits per heavy atom. The summed E-state index contributed by atoms with van der Waals surface area (Å²) >= 11 is 23.2. The van der Waals surface area contributed by atoms with Crippen molar-refractivity contribution in [3.05, 3.63) is 35.9 Å². The predicted molar refractivity (Wildman–Crippen MR) is 58.5 cm³/mol. The molecule has 0 spiro atoms. The lowest BCUT2D eigenvalue weighted by atomic mass is 10.2. The fourth-order valence-corrected chi connectivity index (χ4v) is 1.92. The van der Waals surface area contributed by atoms with E-state index >= 15 is 0 Å². The lowest BCUT2D eigenvalue weighted by Gasteiger charge is -2.19. The third-order valence-corrected chi connectivity index (χ3v) is 6.03. The van der Waals surface area contributed by atoms with Gasteiger partial charge in [-0.25, -0.2) is 0 Å². The van der Waals surface area contributed by atoms with Crippen molar-refractivity contribution in [3.63, 3.8) is 0 Å². The maximum absolute atomic E-state index is 5.93. The van der Waals surface area contributed by atoms with Gasteiger partial charge in [-0.15, -0.1) is 0 Å². The zero-order valence-electron chi connectivity index (χ0n) is 5.85. The number of hydrogen-bond donors (Lipinski definition) is 0. The first-order valence-electron chi connectivity index (χ1n) is 3.10. The van der Waals surface area contributed by atoms with Crippen molar-refractivity contribution in [1.82, 2.24) is 0 Å². The molecule has 1 rings (SSSR count). The Kier molecular flexibility index (Phi) is 3.95. The molecule has 0 fully saturated rings. The van der Waals surface area contributed by atoms with Gasteiger partial charge in [0.1, 0.15) is 6.63 Å². The van der Waals surface area contributed by atoms with Crippen LogP contribution in [0, 0.1) is 0 Å². The van der Waals surface area contributed by atoms with Crippen molar-refractivity contribution in [1.29, 1.82) is 0 Å². The van der Waals surface area contributed by atoms with E-state index in [9.17, 15) is 0 Å². The van der Waals surface area contributed by atoms with Gasteiger partial charge in [-0.2, -0.15) is 0 Å². The topological polar surface area (TPSA) is 0 Å². The standard InChI is InChI=1S/C7H5Cl4P/c8-7(9,12(10)11)6-4-2-1-3-5-6/h1-5H. The molecule has 0 N–H and O–H groups in total. The second-order valence-corrected chi connectivity index (χ2v) is 7.68. The number of rotatable bonds is 2. The molecular weight excluding hydrogens is 257 g/mol. The third kappa shape index (κ3) is 2.40. The summed E-state index contributed by atoms with van der Waals surface area (Å²) in [6.07, 6.45) is 0. The highest BCUT2D eigenvalue weighted by molar-refractivity contribution is 8.06. The molecule has 0 aliphatic heterocycles. The van der Waals surface area contributed by atoms with Crippen LogP contribution in [0.1, 0.15) is 5.56 Å². The fourth-order valence-electron chi connectivity index (χ4n) is 0.736. The van der Waals surface area contributed by atoms with Gasteiger partial charge < -0.3 is 0 Å². The zero-order chi connectivity index (χ0) is 9.19. The van der Waals surface area contributed by atoms with Crippen LogP contribution in [0.3, 0.4) is 0 Å². The molecule has 5 heteroatoms. The number of alkyl halides is 2. The summed E-state index contributed by atoms with van der Waals surface area (Å²) in [5.74, 6) is 0. The average molecular weight is 262 g/mol. The van der Waals surface area contributed by atoms with E-state index in [2.05, 4.69) is 0 Å². The van der Waals surface area contributed by atoms with Gasteiger partial charge in [0.05, 0.1) is 0 Å². The van der Waals surface area contributed by atoms with Crippen molar-refractivity contribution in [3.8, 4) is 0 Å². The van der Waals surface area contributed by atoms with Crippen LogP contribution in [0.5, 0.6) is 0 Å². The van der Waals surface area contributed by atoms with Crippen molar-refractivity contribution < 1.29 is 0 Å². The highest BCUT2D eigenvalue weighted by atomic mass is 35.9. The molecule has 12 heavy (non-hydrogen) atoms. The summed E-state index contributed by atoms with van der Waals surface area (Å²) < 4.78 is -1.17. The first-order chi connectivity index (χ1) is 5.55. The molecule has 1 aromatic rings. The van der Waals surface area contributed by atoms with Crippen LogP contribution < -0.4 is 0 Å². The lowest BCUT2D eigenvalue weighted by molar-refractivity contribution is 1.26. The lowest BCUT2D eigenvalue weighted by Crippen LogP contribution is -2.02. The third-order valence-electron chi connectivity index (χ3n) is 1.33. The van der Waals surface area contributed by atoms with E-state index in [0.717, 1.165) is 5.56 Å². The first kappa shape index (κ1) is 10.9. The van der Waals surface area contributed by atoms with Crippen LogP contribution in [0.2, 0.25) is 0 Å². The summed E-state index contributed by atoms with van der Waals surface area (Å²) in [7, 11) is 0. The molecule has 0 radical (unpaired) electrons. The van der Waals surface area contributed by atoms with E-state index in [1.54, 1.807) is 12.1 Å². The summed E-state index contributed by atoms with van der Waals surface area (Å²) in [5, 5.41) is 0. The smallest absolute Gasteiger partial charge is 0.0884 e. The molecule has 1 aromatic carbocycles. The first-order valence-corrected chi connectivity index (χ1v) is 7.01. The Hall–Kier alpha value is 0.810. The Labute approximate surface area is 92.1 Å². The molecule has 0 saturated carbocycles. The highest BCUT2D eigenvalue weighted by Gasteiger charge is 2.34. The van der Waals surface area contributed by atoms with Gasteiger partial charge in [-0.1, -0.05) is 76.0 Å². The molecule has 0 unspecified atom stereocenters. The van der Waals surface area contributed by atoms with Crippen molar-refractivity contribution >= 4 is 52.3 Å². The predicted octanol–water partition coefficient (Wildman–Crippen LogP) is 5.06. The monoisotopic (exact) mass is 260 g/mol. The molecular formula is C7H5Cl4P. The average Bonchev–Trinajstić information content (AvgIpc) is 2.06. The van der Waals surface area contributed by atoms with E-state index < -0.39 is 10.7 Å². The number of hydrogen-bond acceptors (Lipinski definition) is 0. The summed E-state index contributed by atoms with van der Waals surface area (Å²) in [4.78, 5) is 0. The van der Waals surface area contributed by atoms with E-state index in [4.69, 9.17) is 45.7 Å². The number of halogens is 4. The van der Waals surface area contributed by atoms with Crippen LogP contribution in [0.25, 0.3) is 0 Å². The molecule has 0 aromatic heterocycles. The van der Waals surface area contributed by atoms with Gasteiger partial charge in [0.25, 0.3) is 0 Å². The molecule has 0 heterocycles. The van der Waals surface area contributed by atoms with Crippen LogP contribution in [0.4, 0.5) is 0 Å². The molecule has 0 aliphatic rings. The van der Waals surface area contributed by atoms with Gasteiger partial charge in [0.2, 0.25) is 0 Å². The molecule has 66 valence electrons. The molecule has 0 nitrogen and oxygen atoms in total. The van der Waals surface area contributed by atoms with E-state index in [-0.39, 0.29) is 0 Å². The Morgan fingerprint density at radius 1 is 1.00 bits per heavy atom. The maximum atomic E-state index is 5.93. The SMILES string of the molecule is ClP(Cl)C(Cl)(Cl)c1ccccc1. The molecule has 0 saturated heterocycles. The van der Waals surface area contributed by atoms with E-state index in [0.29, 0.717) is 0 Å². The Bertz CT molecular complexity index is 247. The quantitative estimate of drug-likeness (QED) is 0.515. The summed E-state index contributed by atoms with van der Waals surface area (Å²) in [6, 6.07) is 9.13. The second-order valence-electron chi connectivity index (χ2n) is 2.14. The minimum absolute atomic E-state index is 0.726. The van der Waals surface area contributed by atoms with Crippen LogP contribution in [0.15, 0.2) is 30.3 Å². The molecule has 0 amide bonds. The van der Waals surface area contributed by atoms with Crippen molar-refractivity contribution in [2.45, 2.75) is 4.07 Å². The fraction of sp³-hybridized carbons (Fsp3) is 0.143. The summed E-state index contributed by atoms with van der Waals surface area (Å²) in [5.41, 5.74) is 0.726. The minimum Gasteiger partial charge on any atom is -0.0884 e. The number of benzene rings is 1. The van der Waals surface area contributed by atoms with Crippen LogP contribution in [-0.4, -0.2) is 0 Å². The van der Waals surface area contributed by atoms with Crippen molar-refractivity contribution in [2.75, 3.05) is 0 Å². The zero-order valence-corrected chi connectivity index (χ0v) is 9.76. The van der Waals surface area contributed by atoms with Gasteiger partial charge >= 0.3 is 0 Å². The molecule has 0 bridgehead atoms. The highest BCUT2D eigenvalue weighted by Crippen LogP contribution is 2.68. The van der Waals surface area contributed by atoms with Gasteiger partial charge in [-0.3, -0.25) is 0 Å². The minimum atomic E-state index is -1.44.